The molecule has 0 aliphatic carbocycles. The lowest BCUT2D eigenvalue weighted by atomic mass is 10.0. The lowest BCUT2D eigenvalue weighted by molar-refractivity contribution is -0.131. The number of ether oxygens (including phenoxy) is 1. The maximum atomic E-state index is 12.6. The zero-order valence-electron chi connectivity index (χ0n) is 15.7. The number of rotatable bonds is 7. The Hall–Kier alpha value is -1.57. The van der Waals surface area contributed by atoms with Crippen LogP contribution in [0.3, 0.4) is 0 Å². The number of likely N-dealkylation sites (tertiary alicyclic amines) is 1. The molecule has 1 fully saturated rings. The Kier molecular flexibility index (Phi) is 7.15. The lowest BCUT2D eigenvalue weighted by Crippen LogP contribution is -2.43. The van der Waals surface area contributed by atoms with Gasteiger partial charge in [-0.2, -0.15) is 0 Å². The van der Waals surface area contributed by atoms with Crippen molar-refractivity contribution >= 4 is 29.3 Å². The number of hydrogen-bond donors (Lipinski definition) is 0. The molecule has 1 aromatic heterocycles. The molecule has 1 atom stereocenters. The van der Waals surface area contributed by atoms with Gasteiger partial charge in [-0.25, -0.2) is 0 Å². The highest BCUT2D eigenvalue weighted by molar-refractivity contribution is 7.99. The maximum absolute atomic E-state index is 12.6. The van der Waals surface area contributed by atoms with E-state index < -0.39 is 0 Å². The van der Waals surface area contributed by atoms with Crippen molar-refractivity contribution in [3.8, 4) is 11.4 Å². The molecule has 146 valence electrons. The van der Waals surface area contributed by atoms with Gasteiger partial charge < -0.3 is 9.64 Å². The van der Waals surface area contributed by atoms with Crippen LogP contribution in [0.1, 0.15) is 26.2 Å². The summed E-state index contributed by atoms with van der Waals surface area (Å²) >= 11 is 7.43. The first-order valence-corrected chi connectivity index (χ1v) is 10.6. The number of carbonyl (C=O) groups is 1. The van der Waals surface area contributed by atoms with Crippen LogP contribution in [0.15, 0.2) is 29.4 Å². The molecule has 1 aromatic carbocycles. The Bertz CT molecular complexity index is 766. The Morgan fingerprint density at radius 3 is 2.78 bits per heavy atom. The van der Waals surface area contributed by atoms with Gasteiger partial charge in [0.25, 0.3) is 0 Å². The van der Waals surface area contributed by atoms with E-state index in [2.05, 4.69) is 17.1 Å². The van der Waals surface area contributed by atoms with Crippen molar-refractivity contribution in [3.05, 3.63) is 29.3 Å². The summed E-state index contributed by atoms with van der Waals surface area (Å²) < 4.78 is 7.24. The number of methoxy groups -OCH3 is 1. The Labute approximate surface area is 169 Å². The Morgan fingerprint density at radius 2 is 2.07 bits per heavy atom. The number of amides is 1. The molecule has 0 radical (unpaired) electrons. The molecule has 1 aliphatic heterocycles. The molecule has 0 N–H and O–H groups in total. The minimum atomic E-state index is 0.168. The second kappa shape index (κ2) is 9.57. The smallest absolute Gasteiger partial charge is 0.233 e. The molecule has 8 heteroatoms. The van der Waals surface area contributed by atoms with Crippen LogP contribution >= 0.6 is 23.4 Å². The van der Waals surface area contributed by atoms with Gasteiger partial charge in [-0.1, -0.05) is 23.4 Å². The SMILES string of the molecule is COCCn1c(SCC(=O)N2CCCC[C@H]2C)nnc1-c1ccc(Cl)cc1. The standard InChI is InChI=1S/C19H25ClN4O2S/c1-14-5-3-4-10-23(14)17(25)13-27-19-22-21-18(24(19)11-12-26-2)15-6-8-16(20)9-7-15/h6-9,14H,3-5,10-13H2,1-2H3/t14-/m1/s1. The van der Waals surface area contributed by atoms with Crippen LogP contribution in [0.2, 0.25) is 5.02 Å². The van der Waals surface area contributed by atoms with Gasteiger partial charge in [0.05, 0.1) is 18.9 Å². The van der Waals surface area contributed by atoms with E-state index in [0.717, 1.165) is 35.9 Å². The Balaban J connectivity index is 1.74. The number of halogens is 1. The Morgan fingerprint density at radius 1 is 1.30 bits per heavy atom. The van der Waals surface area contributed by atoms with E-state index in [9.17, 15) is 4.79 Å². The summed E-state index contributed by atoms with van der Waals surface area (Å²) in [5.41, 5.74) is 0.936. The van der Waals surface area contributed by atoms with Crippen LogP contribution in [-0.2, 0) is 16.1 Å². The fourth-order valence-electron chi connectivity index (χ4n) is 3.27. The van der Waals surface area contributed by atoms with E-state index >= 15 is 0 Å². The molecular weight excluding hydrogens is 384 g/mol. The number of benzene rings is 1. The topological polar surface area (TPSA) is 60.2 Å². The predicted molar refractivity (Wildman–Crippen MR) is 108 cm³/mol. The van der Waals surface area contributed by atoms with Crippen LogP contribution in [0, 0.1) is 0 Å². The molecule has 6 nitrogen and oxygen atoms in total. The molecule has 0 saturated carbocycles. The van der Waals surface area contributed by atoms with Gasteiger partial charge in [-0.3, -0.25) is 9.36 Å². The highest BCUT2D eigenvalue weighted by atomic mass is 35.5. The number of nitrogens with zero attached hydrogens (tertiary/aromatic N) is 4. The normalized spacial score (nSPS) is 17.3. The van der Waals surface area contributed by atoms with Crippen molar-refractivity contribution in [1.82, 2.24) is 19.7 Å². The fourth-order valence-corrected chi connectivity index (χ4v) is 4.25. The van der Waals surface area contributed by atoms with Crippen molar-refractivity contribution < 1.29 is 9.53 Å². The number of hydrogen-bond acceptors (Lipinski definition) is 5. The van der Waals surface area contributed by atoms with Gasteiger partial charge >= 0.3 is 0 Å². The van der Waals surface area contributed by atoms with Crippen LogP contribution < -0.4 is 0 Å². The van der Waals surface area contributed by atoms with E-state index in [0.29, 0.717) is 30.0 Å². The van der Waals surface area contributed by atoms with Gasteiger partial charge in [0.2, 0.25) is 5.91 Å². The first kappa shape index (κ1) is 20.2. The van der Waals surface area contributed by atoms with Gasteiger partial charge in [0.1, 0.15) is 0 Å². The molecule has 2 heterocycles. The van der Waals surface area contributed by atoms with Crippen LogP contribution in [0.25, 0.3) is 11.4 Å². The summed E-state index contributed by atoms with van der Waals surface area (Å²) in [6.07, 6.45) is 3.38. The van der Waals surface area contributed by atoms with Crippen molar-refractivity contribution in [2.45, 2.75) is 43.9 Å². The monoisotopic (exact) mass is 408 g/mol. The second-order valence-electron chi connectivity index (χ2n) is 6.68. The summed E-state index contributed by atoms with van der Waals surface area (Å²) in [7, 11) is 1.67. The molecule has 3 rings (SSSR count). The van der Waals surface area contributed by atoms with Gasteiger partial charge in [0.15, 0.2) is 11.0 Å². The number of aromatic nitrogens is 3. The van der Waals surface area contributed by atoms with Crippen molar-refractivity contribution in [2.24, 2.45) is 0 Å². The second-order valence-corrected chi connectivity index (χ2v) is 8.06. The third-order valence-corrected chi connectivity index (χ3v) is 5.99. The highest BCUT2D eigenvalue weighted by Crippen LogP contribution is 2.26. The number of piperidine rings is 1. The first-order valence-electron chi connectivity index (χ1n) is 9.20. The van der Waals surface area contributed by atoms with Crippen LogP contribution in [0.4, 0.5) is 0 Å². The minimum Gasteiger partial charge on any atom is -0.383 e. The average Bonchev–Trinajstić information content (AvgIpc) is 3.08. The molecular formula is C19H25ClN4O2S. The van der Waals surface area contributed by atoms with E-state index in [1.165, 1.54) is 18.2 Å². The maximum Gasteiger partial charge on any atom is 0.233 e. The molecule has 1 amide bonds. The third-order valence-electron chi connectivity index (χ3n) is 4.79. The number of carbonyl (C=O) groups excluding carboxylic acids is 1. The molecule has 0 unspecified atom stereocenters. The lowest BCUT2D eigenvalue weighted by Gasteiger charge is -2.33. The largest absolute Gasteiger partial charge is 0.383 e. The summed E-state index contributed by atoms with van der Waals surface area (Å²) in [6, 6.07) is 7.83. The molecule has 2 aromatic rings. The van der Waals surface area contributed by atoms with Gasteiger partial charge in [-0.05, 0) is 50.5 Å². The van der Waals surface area contributed by atoms with E-state index in [1.807, 2.05) is 33.7 Å². The van der Waals surface area contributed by atoms with E-state index in [4.69, 9.17) is 16.3 Å². The summed E-state index contributed by atoms with van der Waals surface area (Å²) in [5, 5.41) is 10.1. The first-order chi connectivity index (χ1) is 13.1. The van der Waals surface area contributed by atoms with Gasteiger partial charge in [-0.15, -0.1) is 10.2 Å². The zero-order valence-corrected chi connectivity index (χ0v) is 17.3. The average molecular weight is 409 g/mol. The van der Waals surface area contributed by atoms with Crippen molar-refractivity contribution in [3.63, 3.8) is 0 Å². The molecule has 1 aliphatic rings. The van der Waals surface area contributed by atoms with Gasteiger partial charge in [0, 0.05) is 30.3 Å². The predicted octanol–water partition coefficient (Wildman–Crippen LogP) is 3.74. The summed E-state index contributed by atoms with van der Waals surface area (Å²) in [6.45, 7) is 4.15. The van der Waals surface area contributed by atoms with Crippen LogP contribution in [-0.4, -0.2) is 57.6 Å². The van der Waals surface area contributed by atoms with Crippen LogP contribution in [0.5, 0.6) is 0 Å². The number of thioether (sulfide) groups is 1. The van der Waals surface area contributed by atoms with E-state index in [-0.39, 0.29) is 5.91 Å². The van der Waals surface area contributed by atoms with E-state index in [1.54, 1.807) is 7.11 Å². The van der Waals surface area contributed by atoms with Crippen molar-refractivity contribution in [2.75, 3.05) is 26.0 Å². The minimum absolute atomic E-state index is 0.168. The molecule has 1 saturated heterocycles. The molecule has 0 spiro atoms. The summed E-state index contributed by atoms with van der Waals surface area (Å²) in [5.74, 6) is 1.29. The van der Waals surface area contributed by atoms with Crippen molar-refractivity contribution in [1.29, 1.82) is 0 Å². The zero-order chi connectivity index (χ0) is 19.2. The summed E-state index contributed by atoms with van der Waals surface area (Å²) in [4.78, 5) is 14.6. The fraction of sp³-hybridized carbons (Fsp3) is 0.526. The molecule has 27 heavy (non-hydrogen) atoms. The quantitative estimate of drug-likeness (QED) is 0.653. The highest BCUT2D eigenvalue weighted by Gasteiger charge is 2.24. The third kappa shape index (κ3) is 5.03. The molecule has 0 bridgehead atoms.